The van der Waals surface area contributed by atoms with Crippen LogP contribution >= 0.6 is 0 Å². The van der Waals surface area contributed by atoms with Crippen LogP contribution in [0.2, 0.25) is 0 Å². The van der Waals surface area contributed by atoms with E-state index in [4.69, 9.17) is 0 Å². The predicted molar refractivity (Wildman–Crippen MR) is 108 cm³/mol. The molecule has 0 spiro atoms. The number of pyridine rings is 1. The van der Waals surface area contributed by atoms with Crippen molar-refractivity contribution in [3.05, 3.63) is 57.5 Å². The van der Waals surface area contributed by atoms with Crippen molar-refractivity contribution in [3.63, 3.8) is 0 Å². The molecule has 144 valence electrons. The molecule has 0 aliphatic heterocycles. The van der Waals surface area contributed by atoms with E-state index < -0.39 is 5.91 Å². The van der Waals surface area contributed by atoms with Crippen molar-refractivity contribution in [1.29, 1.82) is 0 Å². The second kappa shape index (κ2) is 8.66. The van der Waals surface area contributed by atoms with Crippen molar-refractivity contribution in [3.8, 4) is 0 Å². The Balaban J connectivity index is 2.36. The molecule has 0 saturated carbocycles. The lowest BCUT2D eigenvalue weighted by Gasteiger charge is -2.15. The third-order valence-electron chi connectivity index (χ3n) is 4.28. The van der Waals surface area contributed by atoms with Gasteiger partial charge in [-0.2, -0.15) is 0 Å². The lowest BCUT2D eigenvalue weighted by Crippen LogP contribution is -2.30. The van der Waals surface area contributed by atoms with E-state index in [-0.39, 0.29) is 17.0 Å². The predicted octanol–water partition coefficient (Wildman–Crippen LogP) is 3.72. The lowest BCUT2D eigenvalue weighted by atomic mass is 10.1. The summed E-state index contributed by atoms with van der Waals surface area (Å²) >= 11 is 0. The molecule has 0 unspecified atom stereocenters. The van der Waals surface area contributed by atoms with Gasteiger partial charge in [0.15, 0.2) is 0 Å². The minimum atomic E-state index is -0.478. The van der Waals surface area contributed by atoms with Crippen LogP contribution in [-0.4, -0.2) is 16.4 Å². The molecule has 2 aromatic rings. The second-order valence-electron chi connectivity index (χ2n) is 7.24. The van der Waals surface area contributed by atoms with E-state index >= 15 is 0 Å². The number of hydrogen-bond donors (Lipinski definition) is 2. The van der Waals surface area contributed by atoms with Gasteiger partial charge in [0.1, 0.15) is 5.56 Å². The quantitative estimate of drug-likeness (QED) is 0.814. The number of rotatable bonds is 6. The molecule has 2 amide bonds. The maximum absolute atomic E-state index is 12.9. The zero-order chi connectivity index (χ0) is 20.1. The van der Waals surface area contributed by atoms with Gasteiger partial charge in [0.25, 0.3) is 11.5 Å². The summed E-state index contributed by atoms with van der Waals surface area (Å²) < 4.78 is 1.58. The van der Waals surface area contributed by atoms with Crippen molar-refractivity contribution in [2.24, 2.45) is 5.92 Å². The first kappa shape index (κ1) is 20.4. The Labute approximate surface area is 159 Å². The average molecular weight is 369 g/mol. The number of carbonyl (C=O) groups is 2. The number of nitrogens with zero attached hydrogens (tertiary/aromatic N) is 1. The molecule has 0 aliphatic carbocycles. The normalized spacial score (nSPS) is 10.7. The van der Waals surface area contributed by atoms with E-state index in [1.54, 1.807) is 35.9 Å². The SMILES string of the molecule is CC(=O)Nc1ccc(C)cc1NC(=O)c1c(C)ccn(CCC(C)C)c1=O. The van der Waals surface area contributed by atoms with Crippen LogP contribution in [-0.2, 0) is 11.3 Å². The van der Waals surface area contributed by atoms with Crippen molar-refractivity contribution in [2.75, 3.05) is 10.6 Å². The van der Waals surface area contributed by atoms with Crippen molar-refractivity contribution in [2.45, 2.75) is 47.6 Å². The Morgan fingerprint density at radius 1 is 1.07 bits per heavy atom. The fourth-order valence-electron chi connectivity index (χ4n) is 2.76. The van der Waals surface area contributed by atoms with E-state index in [0.717, 1.165) is 12.0 Å². The van der Waals surface area contributed by atoms with Crippen molar-refractivity contribution < 1.29 is 9.59 Å². The first-order valence-corrected chi connectivity index (χ1v) is 9.08. The van der Waals surface area contributed by atoms with Crippen LogP contribution in [0.4, 0.5) is 11.4 Å². The van der Waals surface area contributed by atoms with Crippen LogP contribution in [0.15, 0.2) is 35.3 Å². The summed E-state index contributed by atoms with van der Waals surface area (Å²) in [5.41, 5.74) is 2.32. The van der Waals surface area contributed by atoms with Crippen LogP contribution in [0.25, 0.3) is 0 Å². The number of aryl methyl sites for hydroxylation is 3. The van der Waals surface area contributed by atoms with Gasteiger partial charge in [0.2, 0.25) is 5.91 Å². The molecule has 0 saturated heterocycles. The number of anilines is 2. The van der Waals surface area contributed by atoms with E-state index in [1.165, 1.54) is 6.92 Å². The van der Waals surface area contributed by atoms with Gasteiger partial charge in [0, 0.05) is 19.7 Å². The van der Waals surface area contributed by atoms with Gasteiger partial charge in [-0.25, -0.2) is 0 Å². The zero-order valence-corrected chi connectivity index (χ0v) is 16.6. The van der Waals surface area contributed by atoms with Gasteiger partial charge in [-0.05, 0) is 55.5 Å². The summed E-state index contributed by atoms with van der Waals surface area (Å²) in [5.74, 6) is -0.252. The molecule has 0 bridgehead atoms. The molecule has 2 rings (SSSR count). The molecule has 1 heterocycles. The molecule has 6 nitrogen and oxygen atoms in total. The molecule has 6 heteroatoms. The second-order valence-corrected chi connectivity index (χ2v) is 7.24. The van der Waals surface area contributed by atoms with Crippen molar-refractivity contribution in [1.82, 2.24) is 4.57 Å². The lowest BCUT2D eigenvalue weighted by molar-refractivity contribution is -0.114. The molecular weight excluding hydrogens is 342 g/mol. The maximum atomic E-state index is 12.9. The van der Waals surface area contributed by atoms with Gasteiger partial charge in [-0.1, -0.05) is 19.9 Å². The Morgan fingerprint density at radius 3 is 2.41 bits per heavy atom. The topological polar surface area (TPSA) is 80.2 Å². The van der Waals surface area contributed by atoms with Gasteiger partial charge in [0.05, 0.1) is 11.4 Å². The molecule has 27 heavy (non-hydrogen) atoms. The highest BCUT2D eigenvalue weighted by molar-refractivity contribution is 6.07. The van der Waals surface area contributed by atoms with E-state index in [1.807, 2.05) is 13.0 Å². The summed E-state index contributed by atoms with van der Waals surface area (Å²) in [5, 5.41) is 5.47. The molecule has 0 radical (unpaired) electrons. The Morgan fingerprint density at radius 2 is 1.78 bits per heavy atom. The number of aromatic nitrogens is 1. The highest BCUT2D eigenvalue weighted by Gasteiger charge is 2.18. The smallest absolute Gasteiger partial charge is 0.263 e. The third kappa shape index (κ3) is 5.29. The van der Waals surface area contributed by atoms with E-state index in [9.17, 15) is 14.4 Å². The molecule has 1 aromatic carbocycles. The van der Waals surface area contributed by atoms with Crippen LogP contribution in [0, 0.1) is 19.8 Å². The van der Waals surface area contributed by atoms with Crippen molar-refractivity contribution >= 4 is 23.2 Å². The number of amides is 2. The molecule has 0 atom stereocenters. The zero-order valence-electron chi connectivity index (χ0n) is 16.6. The first-order valence-electron chi connectivity index (χ1n) is 9.08. The van der Waals surface area contributed by atoms with Crippen LogP contribution in [0.3, 0.4) is 0 Å². The maximum Gasteiger partial charge on any atom is 0.263 e. The van der Waals surface area contributed by atoms with Crippen LogP contribution in [0.1, 0.15) is 48.7 Å². The molecule has 0 aliphatic rings. The van der Waals surface area contributed by atoms with Crippen LogP contribution < -0.4 is 16.2 Å². The van der Waals surface area contributed by atoms with Gasteiger partial charge in [-0.3, -0.25) is 14.4 Å². The van der Waals surface area contributed by atoms with Gasteiger partial charge >= 0.3 is 0 Å². The summed E-state index contributed by atoms with van der Waals surface area (Å²) in [6.07, 6.45) is 2.58. The highest BCUT2D eigenvalue weighted by Crippen LogP contribution is 2.24. The Bertz CT molecular complexity index is 913. The summed E-state index contributed by atoms with van der Waals surface area (Å²) in [6.45, 7) is 9.79. The van der Waals surface area contributed by atoms with Gasteiger partial charge < -0.3 is 15.2 Å². The largest absolute Gasteiger partial charge is 0.325 e. The monoisotopic (exact) mass is 369 g/mol. The standard InChI is InChI=1S/C21H27N3O3/c1-13(2)8-10-24-11-9-15(4)19(21(24)27)20(26)23-18-12-14(3)6-7-17(18)22-16(5)25/h6-7,9,11-13H,8,10H2,1-5H3,(H,22,25)(H,23,26). The number of hydrogen-bond acceptors (Lipinski definition) is 3. The summed E-state index contributed by atoms with van der Waals surface area (Å²) in [4.78, 5) is 37.1. The summed E-state index contributed by atoms with van der Waals surface area (Å²) in [6, 6.07) is 7.11. The minimum absolute atomic E-state index is 0.122. The fraction of sp³-hybridized carbons (Fsp3) is 0.381. The minimum Gasteiger partial charge on any atom is -0.325 e. The molecule has 2 N–H and O–H groups in total. The number of carbonyl (C=O) groups excluding carboxylic acids is 2. The van der Waals surface area contributed by atoms with E-state index in [0.29, 0.717) is 29.4 Å². The number of nitrogens with one attached hydrogen (secondary N) is 2. The highest BCUT2D eigenvalue weighted by atomic mass is 16.2. The Kier molecular flexibility index (Phi) is 6.55. The average Bonchev–Trinajstić information content (AvgIpc) is 2.56. The first-order chi connectivity index (χ1) is 12.7. The third-order valence-corrected chi connectivity index (χ3v) is 4.28. The van der Waals surface area contributed by atoms with Gasteiger partial charge in [-0.15, -0.1) is 0 Å². The molecular formula is C21H27N3O3. The van der Waals surface area contributed by atoms with Crippen LogP contribution in [0.5, 0.6) is 0 Å². The van der Waals surface area contributed by atoms with E-state index in [2.05, 4.69) is 24.5 Å². The Hall–Kier alpha value is -2.89. The fourth-order valence-corrected chi connectivity index (χ4v) is 2.76. The molecule has 1 aromatic heterocycles. The number of benzene rings is 1. The summed E-state index contributed by atoms with van der Waals surface area (Å²) in [7, 11) is 0. The molecule has 0 fully saturated rings.